The first-order chi connectivity index (χ1) is 8.81. The van der Waals surface area contributed by atoms with Crippen molar-refractivity contribution in [2.45, 2.75) is 33.2 Å². The second-order valence-electron chi connectivity index (χ2n) is 4.92. The van der Waals surface area contributed by atoms with Crippen LogP contribution < -0.4 is 11.1 Å². The number of nitro benzene ring substituents is 1. The molecule has 0 spiro atoms. The predicted octanol–water partition coefficient (Wildman–Crippen LogP) is 2.22. The van der Waals surface area contributed by atoms with Gasteiger partial charge in [-0.15, -0.1) is 0 Å². The molecule has 1 amide bonds. The van der Waals surface area contributed by atoms with Crippen LogP contribution in [0.4, 0.5) is 11.4 Å². The van der Waals surface area contributed by atoms with Crippen molar-refractivity contribution in [3.8, 4) is 0 Å². The fourth-order valence-corrected chi connectivity index (χ4v) is 1.55. The van der Waals surface area contributed by atoms with Gasteiger partial charge in [-0.2, -0.15) is 0 Å². The van der Waals surface area contributed by atoms with E-state index in [2.05, 4.69) is 5.32 Å². The number of benzene rings is 1. The number of rotatable bonds is 5. The number of nitrogens with zero attached hydrogens (tertiary/aromatic N) is 1. The molecule has 0 heterocycles. The molecule has 1 unspecified atom stereocenters. The van der Waals surface area contributed by atoms with Gasteiger partial charge in [0.05, 0.1) is 4.92 Å². The number of hydrogen-bond donors (Lipinski definition) is 2. The minimum absolute atomic E-state index is 0.00869. The Labute approximate surface area is 112 Å². The van der Waals surface area contributed by atoms with Gasteiger partial charge in [0.1, 0.15) is 0 Å². The van der Waals surface area contributed by atoms with Crippen LogP contribution in [-0.4, -0.2) is 16.9 Å². The molecule has 0 bridgehead atoms. The van der Waals surface area contributed by atoms with Crippen molar-refractivity contribution in [2.75, 3.05) is 5.32 Å². The fourth-order valence-electron chi connectivity index (χ4n) is 1.55. The molecule has 0 fully saturated rings. The highest BCUT2D eigenvalue weighted by Gasteiger charge is 2.14. The summed E-state index contributed by atoms with van der Waals surface area (Å²) in [7, 11) is 0. The molecule has 104 valence electrons. The summed E-state index contributed by atoms with van der Waals surface area (Å²) in [5, 5.41) is 13.3. The van der Waals surface area contributed by atoms with Gasteiger partial charge in [-0.05, 0) is 24.5 Å². The number of nitrogens with two attached hydrogens (primary N) is 1. The Morgan fingerprint density at radius 2 is 2.11 bits per heavy atom. The lowest BCUT2D eigenvalue weighted by molar-refractivity contribution is -0.384. The Morgan fingerprint density at radius 3 is 2.58 bits per heavy atom. The number of amides is 1. The van der Waals surface area contributed by atoms with Crippen molar-refractivity contribution < 1.29 is 9.72 Å². The summed E-state index contributed by atoms with van der Waals surface area (Å²) < 4.78 is 0. The van der Waals surface area contributed by atoms with Gasteiger partial charge in [0.15, 0.2) is 0 Å². The molecule has 1 atom stereocenters. The molecule has 6 heteroatoms. The monoisotopic (exact) mass is 265 g/mol. The van der Waals surface area contributed by atoms with Crippen molar-refractivity contribution in [3.05, 3.63) is 33.9 Å². The van der Waals surface area contributed by atoms with E-state index in [0.29, 0.717) is 11.3 Å². The van der Waals surface area contributed by atoms with E-state index in [-0.39, 0.29) is 30.0 Å². The molecule has 0 saturated heterocycles. The molecule has 0 radical (unpaired) electrons. The second kappa shape index (κ2) is 6.29. The Morgan fingerprint density at radius 1 is 1.47 bits per heavy atom. The SMILES string of the molecule is Cc1cc([N+](=O)[O-])ccc1NC(=O)CC(N)C(C)C. The summed E-state index contributed by atoms with van der Waals surface area (Å²) in [4.78, 5) is 21.9. The van der Waals surface area contributed by atoms with E-state index >= 15 is 0 Å². The van der Waals surface area contributed by atoms with Gasteiger partial charge < -0.3 is 11.1 Å². The number of carbonyl (C=O) groups is 1. The van der Waals surface area contributed by atoms with Crippen molar-refractivity contribution in [1.29, 1.82) is 0 Å². The normalized spacial score (nSPS) is 12.3. The molecule has 0 aliphatic carbocycles. The minimum Gasteiger partial charge on any atom is -0.327 e. The molecule has 0 aromatic heterocycles. The molecule has 19 heavy (non-hydrogen) atoms. The van der Waals surface area contributed by atoms with E-state index < -0.39 is 4.92 Å². The number of anilines is 1. The fraction of sp³-hybridized carbons (Fsp3) is 0.462. The van der Waals surface area contributed by atoms with Crippen LogP contribution in [0.25, 0.3) is 0 Å². The maximum Gasteiger partial charge on any atom is 0.269 e. The molecule has 1 aromatic rings. The molecule has 3 N–H and O–H groups in total. The Hall–Kier alpha value is -1.95. The van der Waals surface area contributed by atoms with Gasteiger partial charge in [-0.3, -0.25) is 14.9 Å². The predicted molar refractivity (Wildman–Crippen MR) is 73.9 cm³/mol. The Kier molecular flexibility index (Phi) is 5.00. The van der Waals surface area contributed by atoms with Crippen molar-refractivity contribution >= 4 is 17.3 Å². The summed E-state index contributed by atoms with van der Waals surface area (Å²) in [5.41, 5.74) is 7.06. The number of nitrogens with one attached hydrogen (secondary N) is 1. The van der Waals surface area contributed by atoms with Crippen LogP contribution in [0.5, 0.6) is 0 Å². The zero-order valence-corrected chi connectivity index (χ0v) is 11.3. The first kappa shape index (κ1) is 15.1. The Bertz CT molecular complexity index is 486. The zero-order chi connectivity index (χ0) is 14.6. The lowest BCUT2D eigenvalue weighted by Crippen LogP contribution is -2.31. The van der Waals surface area contributed by atoms with Crippen molar-refractivity contribution in [1.82, 2.24) is 0 Å². The largest absolute Gasteiger partial charge is 0.327 e. The molecule has 6 nitrogen and oxygen atoms in total. The zero-order valence-electron chi connectivity index (χ0n) is 11.3. The van der Waals surface area contributed by atoms with Gasteiger partial charge in [-0.1, -0.05) is 13.8 Å². The number of hydrogen-bond acceptors (Lipinski definition) is 4. The highest BCUT2D eigenvalue weighted by molar-refractivity contribution is 5.92. The van der Waals surface area contributed by atoms with Gasteiger partial charge in [-0.25, -0.2) is 0 Å². The van der Waals surface area contributed by atoms with Crippen LogP contribution in [0.3, 0.4) is 0 Å². The number of aryl methyl sites for hydroxylation is 1. The lowest BCUT2D eigenvalue weighted by Gasteiger charge is -2.15. The minimum atomic E-state index is -0.465. The molecular formula is C13H19N3O3. The quantitative estimate of drug-likeness (QED) is 0.630. The lowest BCUT2D eigenvalue weighted by atomic mass is 10.0. The number of non-ortho nitro benzene ring substituents is 1. The molecular weight excluding hydrogens is 246 g/mol. The van der Waals surface area contributed by atoms with Gasteiger partial charge in [0.2, 0.25) is 5.91 Å². The summed E-state index contributed by atoms with van der Waals surface area (Å²) >= 11 is 0. The van der Waals surface area contributed by atoms with Crippen LogP contribution in [0.15, 0.2) is 18.2 Å². The first-order valence-corrected chi connectivity index (χ1v) is 6.11. The highest BCUT2D eigenvalue weighted by Crippen LogP contribution is 2.21. The second-order valence-corrected chi connectivity index (χ2v) is 4.92. The van der Waals surface area contributed by atoms with E-state index in [1.807, 2.05) is 13.8 Å². The topological polar surface area (TPSA) is 98.3 Å². The Balaban J connectivity index is 2.72. The highest BCUT2D eigenvalue weighted by atomic mass is 16.6. The molecule has 0 aliphatic rings. The number of nitro groups is 1. The molecule has 0 saturated carbocycles. The number of carbonyl (C=O) groups excluding carboxylic acids is 1. The summed E-state index contributed by atoms with van der Waals surface area (Å²) in [6.45, 7) is 5.62. The average Bonchev–Trinajstić information content (AvgIpc) is 2.31. The van der Waals surface area contributed by atoms with Crippen molar-refractivity contribution in [3.63, 3.8) is 0 Å². The molecule has 0 aliphatic heterocycles. The van der Waals surface area contributed by atoms with Gasteiger partial charge in [0.25, 0.3) is 5.69 Å². The van der Waals surface area contributed by atoms with Crippen LogP contribution in [0.1, 0.15) is 25.8 Å². The third-order valence-electron chi connectivity index (χ3n) is 2.97. The van der Waals surface area contributed by atoms with E-state index in [9.17, 15) is 14.9 Å². The molecule has 1 aromatic carbocycles. The van der Waals surface area contributed by atoms with E-state index in [1.165, 1.54) is 18.2 Å². The summed E-state index contributed by atoms with van der Waals surface area (Å²) in [6, 6.07) is 4.13. The van der Waals surface area contributed by atoms with E-state index in [0.717, 1.165) is 0 Å². The maximum atomic E-state index is 11.8. The average molecular weight is 265 g/mol. The first-order valence-electron chi connectivity index (χ1n) is 6.11. The third-order valence-corrected chi connectivity index (χ3v) is 2.97. The summed E-state index contributed by atoms with van der Waals surface area (Å²) in [5.74, 6) is 0.0434. The van der Waals surface area contributed by atoms with Crippen LogP contribution >= 0.6 is 0 Å². The van der Waals surface area contributed by atoms with Crippen molar-refractivity contribution in [2.24, 2.45) is 11.7 Å². The standard InChI is InChI=1S/C13H19N3O3/c1-8(2)11(14)7-13(17)15-12-5-4-10(16(18)19)6-9(12)3/h4-6,8,11H,7,14H2,1-3H3,(H,15,17). The van der Waals surface area contributed by atoms with Gasteiger partial charge in [0, 0.05) is 30.3 Å². The maximum absolute atomic E-state index is 11.8. The summed E-state index contributed by atoms with van der Waals surface area (Å²) in [6.07, 6.45) is 0.230. The smallest absolute Gasteiger partial charge is 0.269 e. The van der Waals surface area contributed by atoms with Gasteiger partial charge >= 0.3 is 0 Å². The molecule has 1 rings (SSSR count). The third kappa shape index (κ3) is 4.33. The van der Waals surface area contributed by atoms with Crippen LogP contribution in [-0.2, 0) is 4.79 Å². The van der Waals surface area contributed by atoms with E-state index in [1.54, 1.807) is 6.92 Å². The van der Waals surface area contributed by atoms with Crippen LogP contribution in [0, 0.1) is 23.0 Å². The van der Waals surface area contributed by atoms with E-state index in [4.69, 9.17) is 5.73 Å². The van der Waals surface area contributed by atoms with Crippen LogP contribution in [0.2, 0.25) is 0 Å².